The number of likely N-dealkylation sites (tertiary alicyclic amines) is 1. The summed E-state index contributed by atoms with van der Waals surface area (Å²) >= 11 is 6.18. The van der Waals surface area contributed by atoms with Gasteiger partial charge in [-0.25, -0.2) is 4.98 Å². The molecule has 0 bridgehead atoms. The number of pyridine rings is 1. The molecule has 0 aliphatic carbocycles. The van der Waals surface area contributed by atoms with Crippen LogP contribution in [0, 0.1) is 0 Å². The van der Waals surface area contributed by atoms with Gasteiger partial charge in [0.15, 0.2) is 0 Å². The number of hydrogen-bond acceptors (Lipinski definition) is 4. The Morgan fingerprint density at radius 2 is 1.96 bits per heavy atom. The molecule has 3 N–H and O–H groups in total. The number of hydrogen-bond donors (Lipinski definition) is 2. The number of anilines is 1. The van der Waals surface area contributed by atoms with Crippen LogP contribution in [0.25, 0.3) is 0 Å². The van der Waals surface area contributed by atoms with Crippen LogP contribution in [0.3, 0.4) is 0 Å². The van der Waals surface area contributed by atoms with E-state index in [-0.39, 0.29) is 0 Å². The minimum Gasteiger partial charge on any atom is -0.366 e. The number of carbonyl (C=O) groups excluding carboxylic acids is 1. The normalized spacial score (nSPS) is 14.7. The molecule has 0 saturated carbocycles. The molecule has 1 aliphatic rings. The van der Waals surface area contributed by atoms with Crippen LogP contribution in [-0.2, 0) is 13.1 Å². The highest BCUT2D eigenvalue weighted by Gasteiger charge is 2.14. The third-order valence-corrected chi connectivity index (χ3v) is 4.57. The molecule has 1 aliphatic heterocycles. The van der Waals surface area contributed by atoms with Crippen LogP contribution < -0.4 is 11.1 Å². The van der Waals surface area contributed by atoms with E-state index in [1.54, 1.807) is 0 Å². The van der Waals surface area contributed by atoms with E-state index in [0.717, 1.165) is 6.54 Å². The van der Waals surface area contributed by atoms with E-state index in [0.29, 0.717) is 22.9 Å². The third-order valence-electron chi connectivity index (χ3n) is 4.28. The summed E-state index contributed by atoms with van der Waals surface area (Å²) in [5.74, 6) is 0.0181. The Morgan fingerprint density at radius 3 is 2.62 bits per heavy atom. The quantitative estimate of drug-likeness (QED) is 0.845. The maximum Gasteiger partial charge on any atom is 0.250 e. The van der Waals surface area contributed by atoms with Crippen LogP contribution in [0.5, 0.6) is 0 Å². The standard InChI is InChI=1S/C18H21ClN4O/c19-16-9-15(17(20)24)11-22-18(16)21-10-13-5-1-2-6-14(13)12-23-7-3-4-8-23/h1-2,5-6,9,11H,3-4,7-8,10,12H2,(H2,20,24)(H,21,22). The fourth-order valence-corrected chi connectivity index (χ4v) is 3.18. The second-order valence-electron chi connectivity index (χ2n) is 6.02. The van der Waals surface area contributed by atoms with Gasteiger partial charge in [0.25, 0.3) is 0 Å². The molecule has 0 atom stereocenters. The lowest BCUT2D eigenvalue weighted by atomic mass is 10.1. The van der Waals surface area contributed by atoms with E-state index in [2.05, 4.69) is 33.4 Å². The number of halogens is 1. The summed E-state index contributed by atoms with van der Waals surface area (Å²) < 4.78 is 0. The van der Waals surface area contributed by atoms with Gasteiger partial charge in [-0.05, 0) is 43.1 Å². The van der Waals surface area contributed by atoms with Crippen LogP contribution >= 0.6 is 11.6 Å². The summed E-state index contributed by atoms with van der Waals surface area (Å²) in [4.78, 5) is 17.8. The van der Waals surface area contributed by atoms with Gasteiger partial charge in [-0.3, -0.25) is 9.69 Å². The highest BCUT2D eigenvalue weighted by Crippen LogP contribution is 2.22. The lowest BCUT2D eigenvalue weighted by Gasteiger charge is -2.18. The summed E-state index contributed by atoms with van der Waals surface area (Å²) in [5, 5.41) is 3.64. The maximum atomic E-state index is 11.2. The van der Waals surface area contributed by atoms with Gasteiger partial charge in [0.05, 0.1) is 10.6 Å². The molecule has 0 radical (unpaired) electrons. The maximum absolute atomic E-state index is 11.2. The average molecular weight is 345 g/mol. The van der Waals surface area contributed by atoms with E-state index in [1.165, 1.54) is 49.3 Å². The predicted molar refractivity (Wildman–Crippen MR) is 96.0 cm³/mol. The smallest absolute Gasteiger partial charge is 0.250 e. The first-order valence-corrected chi connectivity index (χ1v) is 8.49. The number of carbonyl (C=O) groups is 1. The van der Waals surface area contributed by atoms with Crippen molar-refractivity contribution in [3.8, 4) is 0 Å². The van der Waals surface area contributed by atoms with Crippen molar-refractivity contribution in [1.82, 2.24) is 9.88 Å². The lowest BCUT2D eigenvalue weighted by Crippen LogP contribution is -2.19. The Balaban J connectivity index is 1.69. The molecule has 1 saturated heterocycles. The van der Waals surface area contributed by atoms with Gasteiger partial charge in [0.2, 0.25) is 5.91 Å². The van der Waals surface area contributed by atoms with Crippen LogP contribution in [-0.4, -0.2) is 28.9 Å². The Bertz CT molecular complexity index is 729. The molecule has 0 spiro atoms. The van der Waals surface area contributed by atoms with Gasteiger partial charge in [0, 0.05) is 19.3 Å². The van der Waals surface area contributed by atoms with E-state index >= 15 is 0 Å². The number of aromatic nitrogens is 1. The van der Waals surface area contributed by atoms with Crippen molar-refractivity contribution in [2.75, 3.05) is 18.4 Å². The van der Waals surface area contributed by atoms with Crippen molar-refractivity contribution in [2.24, 2.45) is 5.73 Å². The molecule has 1 fully saturated rings. The number of benzene rings is 1. The number of nitrogens with two attached hydrogens (primary N) is 1. The van der Waals surface area contributed by atoms with E-state index in [1.807, 2.05) is 6.07 Å². The first-order chi connectivity index (χ1) is 11.6. The Hall–Kier alpha value is -2.11. The van der Waals surface area contributed by atoms with Gasteiger partial charge >= 0.3 is 0 Å². The van der Waals surface area contributed by atoms with Gasteiger partial charge in [-0.15, -0.1) is 0 Å². The molecule has 0 unspecified atom stereocenters. The summed E-state index contributed by atoms with van der Waals surface area (Å²) in [6, 6.07) is 9.93. The Kier molecular flexibility index (Phi) is 5.33. The number of nitrogens with zero attached hydrogens (tertiary/aromatic N) is 2. The van der Waals surface area contributed by atoms with Gasteiger partial charge in [-0.1, -0.05) is 35.9 Å². The van der Waals surface area contributed by atoms with Gasteiger partial charge in [-0.2, -0.15) is 0 Å². The van der Waals surface area contributed by atoms with Crippen molar-refractivity contribution in [3.63, 3.8) is 0 Å². The first kappa shape index (κ1) is 16.7. The van der Waals surface area contributed by atoms with Crippen molar-refractivity contribution in [2.45, 2.75) is 25.9 Å². The zero-order chi connectivity index (χ0) is 16.9. The third kappa shape index (κ3) is 4.04. The van der Waals surface area contributed by atoms with Crippen molar-refractivity contribution < 1.29 is 4.79 Å². The summed E-state index contributed by atoms with van der Waals surface area (Å²) in [6.07, 6.45) is 4.00. The van der Waals surface area contributed by atoms with Crippen LogP contribution in [0.1, 0.15) is 34.3 Å². The molecule has 6 heteroatoms. The largest absolute Gasteiger partial charge is 0.366 e. The molecule has 1 aromatic heterocycles. The topological polar surface area (TPSA) is 71.2 Å². The number of amides is 1. The van der Waals surface area contributed by atoms with E-state index in [9.17, 15) is 4.79 Å². The summed E-state index contributed by atoms with van der Waals surface area (Å²) in [6.45, 7) is 3.94. The fraction of sp³-hybridized carbons (Fsp3) is 0.333. The molecule has 24 heavy (non-hydrogen) atoms. The molecule has 126 valence electrons. The van der Waals surface area contributed by atoms with Gasteiger partial charge in [0.1, 0.15) is 5.82 Å². The molecule has 5 nitrogen and oxygen atoms in total. The average Bonchev–Trinajstić information content (AvgIpc) is 3.08. The van der Waals surface area contributed by atoms with Crippen molar-refractivity contribution >= 4 is 23.3 Å². The van der Waals surface area contributed by atoms with Gasteiger partial charge < -0.3 is 11.1 Å². The predicted octanol–water partition coefficient (Wildman–Crippen LogP) is 3.04. The Labute approximate surface area is 146 Å². The minimum absolute atomic E-state index is 0.306. The first-order valence-electron chi connectivity index (χ1n) is 8.12. The fourth-order valence-electron chi connectivity index (χ4n) is 2.95. The van der Waals surface area contributed by atoms with Crippen molar-refractivity contribution in [1.29, 1.82) is 0 Å². The van der Waals surface area contributed by atoms with E-state index < -0.39 is 5.91 Å². The summed E-state index contributed by atoms with van der Waals surface area (Å²) in [7, 11) is 0. The summed E-state index contributed by atoms with van der Waals surface area (Å²) in [5.41, 5.74) is 8.08. The zero-order valence-corrected chi connectivity index (χ0v) is 14.2. The molecule has 2 heterocycles. The molecular formula is C18H21ClN4O. The zero-order valence-electron chi connectivity index (χ0n) is 13.5. The SMILES string of the molecule is NC(=O)c1cnc(NCc2ccccc2CN2CCCC2)c(Cl)c1. The second-order valence-corrected chi connectivity index (χ2v) is 6.43. The molecular weight excluding hydrogens is 324 g/mol. The number of rotatable bonds is 6. The van der Waals surface area contributed by atoms with Crippen LogP contribution in [0.2, 0.25) is 5.02 Å². The number of primary amides is 1. The molecule has 3 rings (SSSR count). The molecule has 1 amide bonds. The molecule has 1 aromatic carbocycles. The van der Waals surface area contributed by atoms with Crippen LogP contribution in [0.15, 0.2) is 36.5 Å². The molecule has 2 aromatic rings. The Morgan fingerprint density at radius 1 is 1.25 bits per heavy atom. The highest BCUT2D eigenvalue weighted by molar-refractivity contribution is 6.33. The monoisotopic (exact) mass is 344 g/mol. The second kappa shape index (κ2) is 7.64. The van der Waals surface area contributed by atoms with Crippen LogP contribution in [0.4, 0.5) is 5.82 Å². The number of nitrogens with one attached hydrogen (secondary N) is 1. The van der Waals surface area contributed by atoms with Crippen molar-refractivity contribution in [3.05, 3.63) is 58.2 Å². The lowest BCUT2D eigenvalue weighted by molar-refractivity contribution is 0.1000. The highest BCUT2D eigenvalue weighted by atomic mass is 35.5. The van der Waals surface area contributed by atoms with E-state index in [4.69, 9.17) is 17.3 Å². The minimum atomic E-state index is -0.535.